The van der Waals surface area contributed by atoms with Crippen LogP contribution in [0.5, 0.6) is 0 Å². The number of rotatable bonds is 3. The number of nitrogens with one attached hydrogen (secondary N) is 1. The summed E-state index contributed by atoms with van der Waals surface area (Å²) in [6.45, 7) is 3.35. The standard InChI is InChI=1S/C12H18N2O2S/c1-10-8-14(17(15,16)9-10)12-5-3-11(4-6-12)7-13-2/h3-6,10,13H,7-9H2,1-2H3. The van der Waals surface area contributed by atoms with Crippen molar-refractivity contribution in [3.05, 3.63) is 29.8 Å². The van der Waals surface area contributed by atoms with E-state index in [1.807, 2.05) is 38.2 Å². The molecule has 0 radical (unpaired) electrons. The van der Waals surface area contributed by atoms with Gasteiger partial charge in [-0.15, -0.1) is 0 Å². The molecule has 5 heteroatoms. The lowest BCUT2D eigenvalue weighted by atomic mass is 10.2. The summed E-state index contributed by atoms with van der Waals surface area (Å²) in [5.41, 5.74) is 1.93. The largest absolute Gasteiger partial charge is 0.316 e. The first-order valence-corrected chi connectivity index (χ1v) is 7.38. The quantitative estimate of drug-likeness (QED) is 0.881. The van der Waals surface area contributed by atoms with Crippen molar-refractivity contribution in [2.24, 2.45) is 5.92 Å². The van der Waals surface area contributed by atoms with Crippen molar-refractivity contribution in [3.63, 3.8) is 0 Å². The summed E-state index contributed by atoms with van der Waals surface area (Å²) in [5.74, 6) is 0.461. The van der Waals surface area contributed by atoms with Crippen LogP contribution >= 0.6 is 0 Å². The Morgan fingerprint density at radius 2 is 2.00 bits per heavy atom. The van der Waals surface area contributed by atoms with Gasteiger partial charge in [0.05, 0.1) is 11.4 Å². The van der Waals surface area contributed by atoms with E-state index in [0.717, 1.165) is 17.8 Å². The molecular weight excluding hydrogens is 236 g/mol. The van der Waals surface area contributed by atoms with E-state index in [9.17, 15) is 8.42 Å². The van der Waals surface area contributed by atoms with Crippen LogP contribution in [0.1, 0.15) is 12.5 Å². The van der Waals surface area contributed by atoms with Crippen LogP contribution in [0.4, 0.5) is 5.69 Å². The van der Waals surface area contributed by atoms with Crippen molar-refractivity contribution in [2.75, 3.05) is 23.7 Å². The summed E-state index contributed by atoms with van der Waals surface area (Å²) in [5, 5.41) is 3.06. The summed E-state index contributed by atoms with van der Waals surface area (Å²) in [6, 6.07) is 7.68. The van der Waals surface area contributed by atoms with E-state index >= 15 is 0 Å². The minimum absolute atomic E-state index is 0.206. The van der Waals surface area contributed by atoms with Gasteiger partial charge in [0, 0.05) is 13.1 Å². The first kappa shape index (κ1) is 12.4. The predicted octanol–water partition coefficient (Wildman–Crippen LogP) is 1.19. The maximum atomic E-state index is 11.9. The Bertz CT molecular complexity index is 482. The average Bonchev–Trinajstić information content (AvgIpc) is 2.53. The smallest absolute Gasteiger partial charge is 0.235 e. The molecule has 1 aromatic rings. The first-order valence-electron chi connectivity index (χ1n) is 5.77. The third kappa shape index (κ3) is 2.61. The summed E-state index contributed by atoms with van der Waals surface area (Å²) < 4.78 is 25.3. The lowest BCUT2D eigenvalue weighted by Gasteiger charge is -2.17. The van der Waals surface area contributed by atoms with E-state index in [-0.39, 0.29) is 11.7 Å². The number of benzene rings is 1. The normalized spacial score (nSPS) is 22.9. The lowest BCUT2D eigenvalue weighted by molar-refractivity contribution is 0.598. The monoisotopic (exact) mass is 254 g/mol. The van der Waals surface area contributed by atoms with Gasteiger partial charge in [0.15, 0.2) is 0 Å². The maximum absolute atomic E-state index is 11.9. The highest BCUT2D eigenvalue weighted by atomic mass is 32.2. The van der Waals surface area contributed by atoms with Gasteiger partial charge in [-0.1, -0.05) is 19.1 Å². The molecule has 1 aliphatic rings. The molecule has 1 atom stereocenters. The van der Waals surface area contributed by atoms with Crippen LogP contribution in [-0.4, -0.2) is 27.8 Å². The van der Waals surface area contributed by atoms with Crippen molar-refractivity contribution in [3.8, 4) is 0 Å². The zero-order chi connectivity index (χ0) is 12.5. The summed E-state index contributed by atoms with van der Waals surface area (Å²) in [7, 11) is -1.21. The van der Waals surface area contributed by atoms with Crippen molar-refractivity contribution in [1.29, 1.82) is 0 Å². The molecule has 1 aromatic carbocycles. The van der Waals surface area contributed by atoms with E-state index in [0.29, 0.717) is 6.54 Å². The van der Waals surface area contributed by atoms with Crippen molar-refractivity contribution in [2.45, 2.75) is 13.5 Å². The fourth-order valence-electron chi connectivity index (χ4n) is 2.15. The number of nitrogens with zero attached hydrogens (tertiary/aromatic N) is 1. The second kappa shape index (κ2) is 4.66. The van der Waals surface area contributed by atoms with Gasteiger partial charge in [-0.25, -0.2) is 8.42 Å². The Kier molecular flexibility index (Phi) is 3.40. The molecular formula is C12H18N2O2S. The number of hydrogen-bond acceptors (Lipinski definition) is 3. The highest BCUT2D eigenvalue weighted by Crippen LogP contribution is 2.26. The molecule has 1 fully saturated rings. The van der Waals surface area contributed by atoms with Crippen LogP contribution in [0.25, 0.3) is 0 Å². The molecule has 0 aliphatic carbocycles. The lowest BCUT2D eigenvalue weighted by Crippen LogP contribution is -2.25. The molecule has 1 heterocycles. The topological polar surface area (TPSA) is 49.4 Å². The molecule has 1 N–H and O–H groups in total. The predicted molar refractivity (Wildman–Crippen MR) is 69.5 cm³/mol. The summed E-state index contributed by atoms with van der Waals surface area (Å²) >= 11 is 0. The number of hydrogen-bond donors (Lipinski definition) is 1. The molecule has 1 saturated heterocycles. The van der Waals surface area contributed by atoms with Crippen LogP contribution in [-0.2, 0) is 16.6 Å². The van der Waals surface area contributed by atoms with E-state index in [1.165, 1.54) is 4.31 Å². The van der Waals surface area contributed by atoms with Crippen LogP contribution in [0.3, 0.4) is 0 Å². The third-order valence-corrected chi connectivity index (χ3v) is 4.94. The van der Waals surface area contributed by atoms with Gasteiger partial charge in [-0.3, -0.25) is 4.31 Å². The van der Waals surface area contributed by atoms with Gasteiger partial charge in [0.1, 0.15) is 0 Å². The second-order valence-electron chi connectivity index (χ2n) is 4.61. The third-order valence-electron chi connectivity index (χ3n) is 2.91. The fraction of sp³-hybridized carbons (Fsp3) is 0.500. The van der Waals surface area contributed by atoms with Crippen LogP contribution < -0.4 is 9.62 Å². The highest BCUT2D eigenvalue weighted by Gasteiger charge is 2.33. The van der Waals surface area contributed by atoms with E-state index in [4.69, 9.17) is 0 Å². The molecule has 2 rings (SSSR count). The Morgan fingerprint density at radius 3 is 2.47 bits per heavy atom. The van der Waals surface area contributed by atoms with E-state index < -0.39 is 10.0 Å². The Labute approximate surface area is 103 Å². The second-order valence-corrected chi connectivity index (χ2v) is 6.55. The molecule has 94 valence electrons. The van der Waals surface area contributed by atoms with E-state index in [1.54, 1.807) is 0 Å². The molecule has 1 unspecified atom stereocenters. The molecule has 0 saturated carbocycles. The van der Waals surface area contributed by atoms with Crippen LogP contribution in [0, 0.1) is 5.92 Å². The van der Waals surface area contributed by atoms with Crippen LogP contribution in [0.15, 0.2) is 24.3 Å². The molecule has 0 aromatic heterocycles. The first-order chi connectivity index (χ1) is 8.03. The van der Waals surface area contributed by atoms with Gasteiger partial charge in [-0.2, -0.15) is 0 Å². The van der Waals surface area contributed by atoms with Gasteiger partial charge < -0.3 is 5.32 Å². The van der Waals surface area contributed by atoms with Crippen molar-refractivity contribution >= 4 is 15.7 Å². The van der Waals surface area contributed by atoms with Gasteiger partial charge in [0.2, 0.25) is 10.0 Å². The van der Waals surface area contributed by atoms with Gasteiger partial charge >= 0.3 is 0 Å². The van der Waals surface area contributed by atoms with Crippen LogP contribution in [0.2, 0.25) is 0 Å². The van der Waals surface area contributed by atoms with E-state index in [2.05, 4.69) is 5.32 Å². The Morgan fingerprint density at radius 1 is 1.35 bits per heavy atom. The average molecular weight is 254 g/mol. The van der Waals surface area contributed by atoms with Crippen molar-refractivity contribution < 1.29 is 8.42 Å². The molecule has 0 bridgehead atoms. The molecule has 0 amide bonds. The SMILES string of the molecule is CNCc1ccc(N2CC(C)CS2(=O)=O)cc1. The Hall–Kier alpha value is -1.07. The van der Waals surface area contributed by atoms with Crippen molar-refractivity contribution in [1.82, 2.24) is 5.32 Å². The fourth-order valence-corrected chi connectivity index (χ4v) is 4.08. The molecule has 1 aliphatic heterocycles. The highest BCUT2D eigenvalue weighted by molar-refractivity contribution is 7.93. The molecule has 0 spiro atoms. The number of sulfonamides is 1. The summed E-state index contributed by atoms with van der Waals surface area (Å²) in [6.07, 6.45) is 0. The van der Waals surface area contributed by atoms with Gasteiger partial charge in [-0.05, 0) is 30.7 Å². The number of anilines is 1. The maximum Gasteiger partial charge on any atom is 0.235 e. The Balaban J connectivity index is 2.23. The minimum atomic E-state index is -3.10. The minimum Gasteiger partial charge on any atom is -0.316 e. The zero-order valence-electron chi connectivity index (χ0n) is 10.2. The summed E-state index contributed by atoms with van der Waals surface area (Å²) in [4.78, 5) is 0. The molecule has 17 heavy (non-hydrogen) atoms. The molecule has 4 nitrogen and oxygen atoms in total. The zero-order valence-corrected chi connectivity index (χ0v) is 11.0. The van der Waals surface area contributed by atoms with Gasteiger partial charge in [0.25, 0.3) is 0 Å².